The number of nitrogens with one attached hydrogen (secondary N) is 1. The molecule has 12 heteroatoms. The number of hydrogen-bond acceptors (Lipinski definition) is 6. The van der Waals surface area contributed by atoms with Gasteiger partial charge in [0, 0.05) is 36.2 Å². The van der Waals surface area contributed by atoms with Crippen LogP contribution in [-0.2, 0) is 11.3 Å². The van der Waals surface area contributed by atoms with Crippen LogP contribution < -0.4 is 15.5 Å². The third kappa shape index (κ3) is 12.0. The minimum Gasteiger partial charge on any atom is -0.479 e. The average molecular weight is 632 g/mol. The summed E-state index contributed by atoms with van der Waals surface area (Å²) in [6.07, 6.45) is -2.09. The highest BCUT2D eigenvalue weighted by molar-refractivity contribution is 5.90. The number of aromatic nitrogens is 3. The van der Waals surface area contributed by atoms with Crippen molar-refractivity contribution in [3.63, 3.8) is 0 Å². The number of pyridine rings is 1. The maximum atomic E-state index is 11.9. The molecule has 2 aromatic heterocycles. The number of nitrogens with two attached hydrogens (primary N) is 1. The van der Waals surface area contributed by atoms with Crippen molar-refractivity contribution in [1.82, 2.24) is 15.0 Å². The molecule has 0 spiro atoms. The highest BCUT2D eigenvalue weighted by Gasteiger charge is 2.25. The first kappa shape index (κ1) is 37.0. The highest BCUT2D eigenvalue weighted by atomic mass is 19.4. The number of carboxylic acids is 1. The summed E-state index contributed by atoms with van der Waals surface area (Å²) in [6, 6.07) is 20.8. The minimum atomic E-state index is -4.00. The van der Waals surface area contributed by atoms with E-state index in [1.54, 1.807) is 4.90 Å². The van der Waals surface area contributed by atoms with Crippen molar-refractivity contribution < 1.29 is 32.4 Å². The van der Waals surface area contributed by atoms with Gasteiger partial charge in [0.15, 0.2) is 5.65 Å². The predicted octanol–water partition coefficient (Wildman–Crippen LogP) is 5.57. The summed E-state index contributed by atoms with van der Waals surface area (Å²) < 4.78 is 43.0. The number of rotatable bonds is 5. The van der Waals surface area contributed by atoms with Crippen molar-refractivity contribution in [3.05, 3.63) is 72.4 Å². The Balaban J connectivity index is 0.000000426. The van der Waals surface area contributed by atoms with E-state index in [-0.39, 0.29) is 6.92 Å². The minimum absolute atomic E-state index is 0.188. The monoisotopic (exact) mass is 631 g/mol. The van der Waals surface area contributed by atoms with Crippen LogP contribution in [0.25, 0.3) is 33.4 Å². The number of carboxylic acid groups (broad SMARTS) is 1. The molecule has 0 aliphatic carbocycles. The predicted molar refractivity (Wildman–Crippen MR) is 171 cm³/mol. The second-order valence-electron chi connectivity index (χ2n) is 10.7. The Kier molecular flexibility index (Phi) is 13.8. The van der Waals surface area contributed by atoms with Gasteiger partial charge in [0.1, 0.15) is 0 Å². The number of benzene rings is 2. The maximum absolute atomic E-state index is 11.9. The lowest BCUT2D eigenvalue weighted by Crippen LogP contribution is -3.12. The number of fused-ring (bicyclic) bond motifs is 1. The molecule has 0 saturated carbocycles. The van der Waals surface area contributed by atoms with Gasteiger partial charge in [0.05, 0.1) is 38.9 Å². The Morgan fingerprint density at radius 2 is 1.47 bits per heavy atom. The van der Waals surface area contributed by atoms with Crippen molar-refractivity contribution in [3.8, 4) is 22.4 Å². The molecule has 1 aliphatic heterocycles. The van der Waals surface area contributed by atoms with Gasteiger partial charge in [-0.3, -0.25) is 0 Å². The lowest BCUT2D eigenvalue weighted by Gasteiger charge is -2.30. The van der Waals surface area contributed by atoms with Gasteiger partial charge in [-0.2, -0.15) is 18.2 Å². The Morgan fingerprint density at radius 1 is 0.933 bits per heavy atom. The molecule has 0 bridgehead atoms. The van der Waals surface area contributed by atoms with Crippen LogP contribution in [0, 0.1) is 0 Å². The molecule has 2 aromatic carbocycles. The zero-order chi connectivity index (χ0) is 33.8. The van der Waals surface area contributed by atoms with E-state index in [0.29, 0.717) is 6.54 Å². The number of aliphatic carboxylic acids is 1. The van der Waals surface area contributed by atoms with Gasteiger partial charge >= 0.3 is 12.1 Å². The molecule has 0 amide bonds. The molecule has 0 radical (unpaired) electrons. The van der Waals surface area contributed by atoms with E-state index in [1.165, 1.54) is 0 Å². The summed E-state index contributed by atoms with van der Waals surface area (Å²) in [5, 5.41) is 8.82. The summed E-state index contributed by atoms with van der Waals surface area (Å²) >= 11 is 0. The van der Waals surface area contributed by atoms with E-state index in [2.05, 4.69) is 71.5 Å². The number of halogens is 4. The molecule has 45 heavy (non-hydrogen) atoms. The quantitative estimate of drug-likeness (QED) is 0.247. The molecule has 8 nitrogen and oxygen atoms in total. The van der Waals surface area contributed by atoms with Crippen LogP contribution in [0.5, 0.6) is 0 Å². The third-order valence-electron chi connectivity index (χ3n) is 6.51. The number of likely N-dealkylation sites (N-methyl/N-ethyl adjacent to an activating group) is 1. The molecular formula is C33H43F4N6O2+. The smallest absolute Gasteiger partial charge is 0.386 e. The van der Waals surface area contributed by atoms with Gasteiger partial charge < -0.3 is 20.6 Å². The largest absolute Gasteiger partial charge is 0.479 e. The van der Waals surface area contributed by atoms with Crippen molar-refractivity contribution in [2.45, 2.75) is 53.0 Å². The lowest BCUT2D eigenvalue weighted by molar-refractivity contribution is -0.880. The van der Waals surface area contributed by atoms with Crippen LogP contribution in [0.15, 0.2) is 66.9 Å². The summed E-state index contributed by atoms with van der Waals surface area (Å²) in [7, 11) is 2.23. The SMILES string of the molecule is CC.CC(C)(F)C(=O)O.CC(F)(F)F.C[NH+]1CCN(c2ncc3cc(-c4ccccc4)c(-c4ccc(CN)cc4)nc3n2)CC1. The third-order valence-corrected chi connectivity index (χ3v) is 6.51. The van der Waals surface area contributed by atoms with Gasteiger partial charge in [0.25, 0.3) is 0 Å². The molecule has 4 N–H and O–H groups in total. The van der Waals surface area contributed by atoms with Gasteiger partial charge in [0.2, 0.25) is 11.6 Å². The molecule has 1 aliphatic rings. The number of carbonyl (C=O) groups is 1. The van der Waals surface area contributed by atoms with Crippen LogP contribution in [0.1, 0.15) is 40.2 Å². The van der Waals surface area contributed by atoms with Gasteiger partial charge in [-0.15, -0.1) is 0 Å². The van der Waals surface area contributed by atoms with Gasteiger partial charge in [-0.05, 0) is 31.0 Å². The zero-order valence-corrected chi connectivity index (χ0v) is 26.6. The summed E-state index contributed by atoms with van der Waals surface area (Å²) in [5.41, 5.74) is 9.73. The molecule has 3 heterocycles. The van der Waals surface area contributed by atoms with Crippen LogP contribution in [0.2, 0.25) is 0 Å². The van der Waals surface area contributed by atoms with Crippen molar-refractivity contribution in [2.75, 3.05) is 38.1 Å². The number of alkyl halides is 4. The summed E-state index contributed by atoms with van der Waals surface area (Å²) in [6.45, 7) is 10.8. The Morgan fingerprint density at radius 3 is 1.96 bits per heavy atom. The van der Waals surface area contributed by atoms with E-state index in [0.717, 1.165) is 85.0 Å². The first-order valence-electron chi connectivity index (χ1n) is 14.7. The molecule has 4 aromatic rings. The van der Waals surface area contributed by atoms with E-state index in [9.17, 15) is 22.4 Å². The highest BCUT2D eigenvalue weighted by Crippen LogP contribution is 2.33. The average Bonchev–Trinajstić information content (AvgIpc) is 3.01. The standard InChI is InChI=1S/C25H26N6.C4H7FO2.C2H3F3.C2H6/c1-30-11-13-31(14-12-30)25-27-17-21-15-22(19-5-3-2-4-6-19)23(28-24(21)29-25)20-9-7-18(16-26)8-10-20;1-4(2,5)3(6)7;1-2(3,4)5;1-2/h2-10,15,17H,11-14,16,26H2,1H3;1-2H3,(H,6,7);1H3;1-2H3/p+1. The maximum Gasteiger partial charge on any atom is 0.386 e. The summed E-state index contributed by atoms with van der Waals surface area (Å²) in [5.74, 6) is -0.656. The van der Waals surface area contributed by atoms with Crippen LogP contribution in [0.3, 0.4) is 0 Å². The molecule has 0 unspecified atom stereocenters. The van der Waals surface area contributed by atoms with E-state index < -0.39 is 17.8 Å². The molecule has 1 fully saturated rings. The molecule has 0 atom stereocenters. The molecular weight excluding hydrogens is 588 g/mol. The second-order valence-corrected chi connectivity index (χ2v) is 10.7. The van der Waals surface area contributed by atoms with Crippen molar-refractivity contribution in [1.29, 1.82) is 0 Å². The number of piperazine rings is 1. The normalized spacial score (nSPS) is 13.4. The first-order valence-corrected chi connectivity index (χ1v) is 14.7. The Bertz CT molecular complexity index is 1480. The Hall–Kier alpha value is -4.16. The topological polar surface area (TPSA) is 110 Å². The zero-order valence-electron chi connectivity index (χ0n) is 26.6. The summed E-state index contributed by atoms with van der Waals surface area (Å²) in [4.78, 5) is 28.0. The van der Waals surface area contributed by atoms with E-state index in [4.69, 9.17) is 20.8 Å². The number of hydrogen-bond donors (Lipinski definition) is 3. The first-order chi connectivity index (χ1) is 21.2. The van der Waals surface area contributed by atoms with Crippen molar-refractivity contribution >= 4 is 23.0 Å². The number of anilines is 1. The number of nitrogens with zero attached hydrogens (tertiary/aromatic N) is 4. The second kappa shape index (κ2) is 16.8. The molecule has 244 valence electrons. The van der Waals surface area contributed by atoms with E-state index in [1.807, 2.05) is 26.1 Å². The fraction of sp³-hybridized carbons (Fsp3) is 0.394. The van der Waals surface area contributed by atoms with Crippen molar-refractivity contribution in [2.24, 2.45) is 5.73 Å². The lowest BCUT2D eigenvalue weighted by atomic mass is 9.98. The Labute approximate surface area is 261 Å². The fourth-order valence-corrected chi connectivity index (χ4v) is 4.05. The molecule has 1 saturated heterocycles. The fourth-order valence-electron chi connectivity index (χ4n) is 4.05. The van der Waals surface area contributed by atoms with Gasteiger partial charge in [-0.1, -0.05) is 68.4 Å². The van der Waals surface area contributed by atoms with Crippen LogP contribution >= 0.6 is 0 Å². The number of quaternary nitrogens is 1. The van der Waals surface area contributed by atoms with Gasteiger partial charge in [-0.25, -0.2) is 19.2 Å². The van der Waals surface area contributed by atoms with Crippen LogP contribution in [0.4, 0.5) is 23.5 Å². The molecule has 5 rings (SSSR count). The van der Waals surface area contributed by atoms with Crippen LogP contribution in [-0.4, -0.2) is 71.1 Å². The van der Waals surface area contributed by atoms with E-state index >= 15 is 0 Å².